The molecule has 0 atom stereocenters. The number of rotatable bonds is 5. The third-order valence-corrected chi connectivity index (χ3v) is 7.79. The number of hydrogen-bond donors (Lipinski definition) is 0. The van der Waals surface area contributed by atoms with Crippen molar-refractivity contribution >= 4 is 15.9 Å². The molecule has 28 heavy (non-hydrogen) atoms. The van der Waals surface area contributed by atoms with Crippen LogP contribution >= 0.6 is 0 Å². The van der Waals surface area contributed by atoms with Gasteiger partial charge >= 0.3 is 0 Å². The van der Waals surface area contributed by atoms with Crippen molar-refractivity contribution in [1.82, 2.24) is 14.1 Å². The van der Waals surface area contributed by atoms with Crippen molar-refractivity contribution in [3.05, 3.63) is 29.8 Å². The zero-order chi connectivity index (χ0) is 20.3. The highest BCUT2D eigenvalue weighted by Gasteiger charge is 2.30. The molecule has 2 fully saturated rings. The zero-order valence-corrected chi connectivity index (χ0v) is 17.8. The molecule has 0 N–H and O–H groups in total. The van der Waals surface area contributed by atoms with Crippen molar-refractivity contribution < 1.29 is 17.9 Å². The van der Waals surface area contributed by atoms with Gasteiger partial charge in [0.15, 0.2) is 0 Å². The van der Waals surface area contributed by atoms with Crippen molar-refractivity contribution in [2.24, 2.45) is 0 Å². The summed E-state index contributed by atoms with van der Waals surface area (Å²) in [6.07, 6.45) is 4.51. The fourth-order valence-corrected chi connectivity index (χ4v) is 4.98. The molecule has 0 aliphatic carbocycles. The lowest BCUT2D eigenvalue weighted by atomic mass is 9.98. The van der Waals surface area contributed by atoms with Crippen LogP contribution < -0.4 is 0 Å². The highest BCUT2D eigenvalue weighted by Crippen LogP contribution is 2.23. The second kappa shape index (κ2) is 8.90. The van der Waals surface area contributed by atoms with Gasteiger partial charge in [0.1, 0.15) is 0 Å². The minimum absolute atomic E-state index is 0.0228. The van der Waals surface area contributed by atoms with E-state index in [2.05, 4.69) is 4.90 Å². The molecule has 2 heterocycles. The quantitative estimate of drug-likeness (QED) is 0.740. The summed E-state index contributed by atoms with van der Waals surface area (Å²) < 4.78 is 30.9. The van der Waals surface area contributed by atoms with E-state index in [-0.39, 0.29) is 10.8 Å². The van der Waals surface area contributed by atoms with E-state index in [1.54, 1.807) is 19.2 Å². The van der Waals surface area contributed by atoms with Crippen molar-refractivity contribution in [2.75, 3.05) is 47.4 Å². The van der Waals surface area contributed by atoms with Gasteiger partial charge in [-0.25, -0.2) is 12.7 Å². The number of ether oxygens (including phenoxy) is 1. The molecule has 0 aromatic heterocycles. The van der Waals surface area contributed by atoms with E-state index < -0.39 is 10.0 Å². The first-order valence-corrected chi connectivity index (χ1v) is 11.4. The van der Waals surface area contributed by atoms with E-state index in [0.29, 0.717) is 17.7 Å². The van der Waals surface area contributed by atoms with Gasteiger partial charge in [-0.15, -0.1) is 0 Å². The molecule has 0 spiro atoms. The van der Waals surface area contributed by atoms with Crippen LogP contribution in [0.1, 0.15) is 36.0 Å². The lowest BCUT2D eigenvalue weighted by molar-refractivity contribution is 0.0145. The van der Waals surface area contributed by atoms with Gasteiger partial charge in [0.25, 0.3) is 5.91 Å². The second-order valence-electron chi connectivity index (χ2n) is 7.81. The number of carbonyl (C=O) groups excluding carboxylic acids is 1. The summed E-state index contributed by atoms with van der Waals surface area (Å²) in [5, 5.41) is 0. The molecule has 1 amide bonds. The van der Waals surface area contributed by atoms with Crippen LogP contribution in [-0.2, 0) is 14.8 Å². The van der Waals surface area contributed by atoms with Gasteiger partial charge in [0.05, 0.1) is 11.0 Å². The zero-order valence-electron chi connectivity index (χ0n) is 17.0. The molecule has 1 aromatic carbocycles. The minimum Gasteiger partial charge on any atom is -0.381 e. The lowest BCUT2D eigenvalue weighted by Gasteiger charge is -2.41. The summed E-state index contributed by atoms with van der Waals surface area (Å²) in [7, 11) is 1.30. The van der Waals surface area contributed by atoms with Crippen LogP contribution in [0.2, 0.25) is 0 Å². The van der Waals surface area contributed by atoms with Gasteiger partial charge in [-0.2, -0.15) is 0 Å². The Morgan fingerprint density at radius 2 is 1.57 bits per heavy atom. The van der Waals surface area contributed by atoms with Gasteiger partial charge < -0.3 is 14.5 Å². The number of carbonyl (C=O) groups is 1. The average molecular weight is 410 g/mol. The SMILES string of the molecule is COC1CCN(C2CCN(C(=O)c3ccc(S(=O)(=O)N(C)C)cc3)CC2)CC1. The van der Waals surface area contributed by atoms with Crippen LogP contribution in [0.4, 0.5) is 0 Å². The Hall–Kier alpha value is -1.48. The van der Waals surface area contributed by atoms with Crippen molar-refractivity contribution in [1.29, 1.82) is 0 Å². The maximum atomic E-state index is 12.8. The molecule has 3 rings (SSSR count). The number of piperidine rings is 2. The Kier molecular flexibility index (Phi) is 6.75. The fourth-order valence-electron chi connectivity index (χ4n) is 4.07. The van der Waals surface area contributed by atoms with Crippen LogP contribution in [0, 0.1) is 0 Å². The number of benzene rings is 1. The summed E-state index contributed by atoms with van der Waals surface area (Å²) >= 11 is 0. The number of sulfonamides is 1. The average Bonchev–Trinajstić information content (AvgIpc) is 2.73. The van der Waals surface area contributed by atoms with Crippen LogP contribution in [0.25, 0.3) is 0 Å². The van der Waals surface area contributed by atoms with E-state index >= 15 is 0 Å². The van der Waals surface area contributed by atoms with Crippen LogP contribution in [0.3, 0.4) is 0 Å². The molecule has 7 nitrogen and oxygen atoms in total. The largest absolute Gasteiger partial charge is 0.381 e. The molecule has 0 saturated carbocycles. The molecular formula is C20H31N3O4S. The molecule has 2 aliphatic rings. The van der Waals surface area contributed by atoms with Gasteiger partial charge in [-0.3, -0.25) is 4.79 Å². The van der Waals surface area contributed by atoms with Gasteiger partial charge in [0.2, 0.25) is 10.0 Å². The highest BCUT2D eigenvalue weighted by atomic mass is 32.2. The lowest BCUT2D eigenvalue weighted by Crippen LogP contribution is -2.49. The monoisotopic (exact) mass is 409 g/mol. The van der Waals surface area contributed by atoms with Crippen molar-refractivity contribution in [3.8, 4) is 0 Å². The van der Waals surface area contributed by atoms with Gasteiger partial charge in [0, 0.05) is 59.0 Å². The van der Waals surface area contributed by atoms with E-state index in [0.717, 1.165) is 51.9 Å². The molecule has 8 heteroatoms. The Bertz CT molecular complexity index is 763. The maximum Gasteiger partial charge on any atom is 0.253 e. The van der Waals surface area contributed by atoms with Gasteiger partial charge in [-0.1, -0.05) is 0 Å². The smallest absolute Gasteiger partial charge is 0.253 e. The minimum atomic E-state index is -3.48. The Morgan fingerprint density at radius 1 is 1.00 bits per heavy atom. The number of hydrogen-bond acceptors (Lipinski definition) is 5. The molecule has 2 aliphatic heterocycles. The van der Waals surface area contributed by atoms with Crippen molar-refractivity contribution in [2.45, 2.75) is 42.7 Å². The summed E-state index contributed by atoms with van der Waals surface area (Å²) in [6, 6.07) is 6.78. The summed E-state index contributed by atoms with van der Waals surface area (Å²) in [6.45, 7) is 3.62. The molecule has 1 aromatic rings. The van der Waals surface area contributed by atoms with Crippen LogP contribution in [0.5, 0.6) is 0 Å². The summed E-state index contributed by atoms with van der Waals surface area (Å²) in [4.78, 5) is 17.4. The standard InChI is InChI=1S/C20H31N3O4S/c1-21(2)28(25,26)19-6-4-16(5-7-19)20(24)23-12-8-17(9-13-23)22-14-10-18(27-3)11-15-22/h4-7,17-18H,8-15H2,1-3H3. The normalized spacial score (nSPS) is 20.6. The maximum absolute atomic E-state index is 12.8. The summed E-state index contributed by atoms with van der Waals surface area (Å²) in [5.41, 5.74) is 0.539. The molecule has 0 radical (unpaired) electrons. The number of methoxy groups -OCH3 is 1. The number of nitrogens with zero attached hydrogens (tertiary/aromatic N) is 3. The third kappa shape index (κ3) is 4.56. The molecule has 0 bridgehead atoms. The van der Waals surface area contributed by atoms with Crippen molar-refractivity contribution in [3.63, 3.8) is 0 Å². The Morgan fingerprint density at radius 3 is 2.07 bits per heavy atom. The molecule has 2 saturated heterocycles. The van der Waals surface area contributed by atoms with Crippen LogP contribution in [0.15, 0.2) is 29.2 Å². The predicted octanol–water partition coefficient (Wildman–Crippen LogP) is 1.65. The molecule has 156 valence electrons. The van der Waals surface area contributed by atoms with E-state index in [9.17, 15) is 13.2 Å². The van der Waals surface area contributed by atoms with E-state index in [1.807, 2.05) is 4.90 Å². The number of likely N-dealkylation sites (tertiary alicyclic amines) is 2. The van der Waals surface area contributed by atoms with Gasteiger partial charge in [-0.05, 0) is 49.9 Å². The number of amides is 1. The Labute approximate surface area is 168 Å². The predicted molar refractivity (Wildman–Crippen MR) is 108 cm³/mol. The van der Waals surface area contributed by atoms with Crippen LogP contribution in [-0.4, -0.2) is 88.0 Å². The molecular weight excluding hydrogens is 378 g/mol. The van der Waals surface area contributed by atoms with E-state index in [4.69, 9.17) is 4.74 Å². The topological polar surface area (TPSA) is 70.2 Å². The Balaban J connectivity index is 1.55. The summed E-state index contributed by atoms with van der Waals surface area (Å²) in [5.74, 6) is -0.0228. The molecule has 0 unspecified atom stereocenters. The third-order valence-electron chi connectivity index (χ3n) is 5.96. The second-order valence-corrected chi connectivity index (χ2v) is 9.96. The van der Waals surface area contributed by atoms with E-state index in [1.165, 1.54) is 30.5 Å². The highest BCUT2D eigenvalue weighted by molar-refractivity contribution is 7.89. The first-order valence-electron chi connectivity index (χ1n) is 9.91. The first kappa shape index (κ1) is 21.2. The fraction of sp³-hybridized carbons (Fsp3) is 0.650. The first-order chi connectivity index (χ1) is 13.3.